The van der Waals surface area contributed by atoms with Crippen LogP contribution < -0.4 is 11.5 Å². The number of amides is 1. The minimum Gasteiger partial charge on any atom is -0.383 e. The molecule has 0 bridgehead atoms. The van der Waals surface area contributed by atoms with Gasteiger partial charge in [0.25, 0.3) is 5.91 Å². The summed E-state index contributed by atoms with van der Waals surface area (Å²) in [6.07, 6.45) is 3.90. The van der Waals surface area contributed by atoms with Crippen LogP contribution in [-0.4, -0.2) is 33.7 Å². The van der Waals surface area contributed by atoms with Gasteiger partial charge in [-0.15, -0.1) is 0 Å². The summed E-state index contributed by atoms with van der Waals surface area (Å²) in [7, 11) is 0. The van der Waals surface area contributed by atoms with Crippen molar-refractivity contribution in [3.8, 4) is 17.5 Å². The molecule has 1 saturated heterocycles. The molecule has 1 fully saturated rings. The van der Waals surface area contributed by atoms with Crippen molar-refractivity contribution < 1.29 is 4.79 Å². The Bertz CT molecular complexity index is 761. The minimum atomic E-state index is -0.597. The summed E-state index contributed by atoms with van der Waals surface area (Å²) in [4.78, 5) is 13.5. The van der Waals surface area contributed by atoms with Crippen LogP contribution in [0.1, 0.15) is 29.2 Å². The molecular weight excluding hydrogens is 292 g/mol. The van der Waals surface area contributed by atoms with Crippen molar-refractivity contribution in [3.63, 3.8) is 0 Å². The fraction of sp³-hybridized carbons (Fsp3) is 0.312. The normalized spacial score (nSPS) is 17.7. The van der Waals surface area contributed by atoms with Crippen molar-refractivity contribution in [2.75, 3.05) is 18.8 Å². The second-order valence-electron chi connectivity index (χ2n) is 5.63. The largest absolute Gasteiger partial charge is 0.383 e. The standard InChI is InChI=1S/C16H18N6O/c17-10-21-8-4-7-12(9-21)22-15(18)13(16(19)23)14(20-22)11-5-2-1-3-6-11/h1-3,5-6,12H,4,7-9,18H2,(H2,19,23). The highest BCUT2D eigenvalue weighted by molar-refractivity contribution is 6.03. The summed E-state index contributed by atoms with van der Waals surface area (Å²) in [5, 5.41) is 13.6. The van der Waals surface area contributed by atoms with Crippen LogP contribution in [0, 0.1) is 11.5 Å². The summed E-state index contributed by atoms with van der Waals surface area (Å²) >= 11 is 0. The van der Waals surface area contributed by atoms with Crippen LogP contribution in [-0.2, 0) is 0 Å². The van der Waals surface area contributed by atoms with E-state index in [9.17, 15) is 4.79 Å². The van der Waals surface area contributed by atoms with Crippen LogP contribution in [0.5, 0.6) is 0 Å². The van der Waals surface area contributed by atoms with E-state index >= 15 is 0 Å². The topological polar surface area (TPSA) is 114 Å². The van der Waals surface area contributed by atoms with Gasteiger partial charge >= 0.3 is 0 Å². The van der Waals surface area contributed by atoms with Gasteiger partial charge in [-0.2, -0.15) is 10.4 Å². The van der Waals surface area contributed by atoms with E-state index in [0.717, 1.165) is 24.9 Å². The van der Waals surface area contributed by atoms with Crippen molar-refractivity contribution in [2.24, 2.45) is 5.73 Å². The monoisotopic (exact) mass is 310 g/mol. The summed E-state index contributed by atoms with van der Waals surface area (Å²) in [6.45, 7) is 1.28. The Balaban J connectivity index is 2.06. The summed E-state index contributed by atoms with van der Waals surface area (Å²) in [5.74, 6) is -0.332. The first-order valence-corrected chi connectivity index (χ1v) is 7.49. The molecule has 2 aromatic rings. The zero-order valence-electron chi connectivity index (χ0n) is 12.6. The second kappa shape index (κ2) is 6.01. The van der Waals surface area contributed by atoms with Crippen molar-refractivity contribution in [1.82, 2.24) is 14.7 Å². The molecule has 0 saturated carbocycles. The Hall–Kier alpha value is -3.01. The molecule has 118 valence electrons. The second-order valence-corrected chi connectivity index (χ2v) is 5.63. The van der Waals surface area contributed by atoms with E-state index in [1.165, 1.54) is 0 Å². The Kier molecular flexibility index (Phi) is 3.89. The van der Waals surface area contributed by atoms with E-state index in [4.69, 9.17) is 16.7 Å². The van der Waals surface area contributed by atoms with E-state index in [1.54, 1.807) is 9.58 Å². The highest BCUT2D eigenvalue weighted by Crippen LogP contribution is 2.31. The molecule has 1 aliphatic heterocycles. The predicted octanol–water partition coefficient (Wildman–Crippen LogP) is 1.35. The van der Waals surface area contributed by atoms with E-state index in [-0.39, 0.29) is 17.4 Å². The van der Waals surface area contributed by atoms with Crippen LogP contribution in [0.15, 0.2) is 30.3 Å². The molecule has 4 N–H and O–H groups in total. The van der Waals surface area contributed by atoms with E-state index in [1.807, 2.05) is 30.3 Å². The van der Waals surface area contributed by atoms with E-state index in [2.05, 4.69) is 11.3 Å². The first kappa shape index (κ1) is 14.9. The Morgan fingerprint density at radius 1 is 1.35 bits per heavy atom. The zero-order chi connectivity index (χ0) is 16.4. The lowest BCUT2D eigenvalue weighted by Gasteiger charge is -2.29. The maximum atomic E-state index is 11.9. The third-order valence-corrected chi connectivity index (χ3v) is 4.12. The van der Waals surface area contributed by atoms with Crippen molar-refractivity contribution in [1.29, 1.82) is 5.26 Å². The number of hydrogen-bond donors (Lipinski definition) is 2. The van der Waals surface area contributed by atoms with Gasteiger partial charge in [0, 0.05) is 12.1 Å². The van der Waals surface area contributed by atoms with Gasteiger partial charge in [0.1, 0.15) is 17.1 Å². The molecule has 7 nitrogen and oxygen atoms in total. The third-order valence-electron chi connectivity index (χ3n) is 4.12. The van der Waals surface area contributed by atoms with Gasteiger partial charge in [0.05, 0.1) is 12.6 Å². The lowest BCUT2D eigenvalue weighted by Crippen LogP contribution is -2.34. The quantitative estimate of drug-likeness (QED) is 0.831. The van der Waals surface area contributed by atoms with E-state index in [0.29, 0.717) is 12.2 Å². The molecule has 1 atom stereocenters. The SMILES string of the molecule is N#CN1CCCC(n2nc(-c3ccccc3)c(C(N)=O)c2N)C1. The van der Waals surface area contributed by atoms with Crippen molar-refractivity contribution in [2.45, 2.75) is 18.9 Å². The first-order valence-electron chi connectivity index (χ1n) is 7.49. The molecule has 1 aromatic heterocycles. The van der Waals surface area contributed by atoms with Crippen LogP contribution >= 0.6 is 0 Å². The fourth-order valence-corrected chi connectivity index (χ4v) is 3.01. The molecule has 0 radical (unpaired) electrons. The Morgan fingerprint density at radius 2 is 2.09 bits per heavy atom. The molecule has 1 aromatic carbocycles. The number of nitrogen functional groups attached to an aromatic ring is 1. The van der Waals surface area contributed by atoms with Gasteiger partial charge in [-0.1, -0.05) is 30.3 Å². The van der Waals surface area contributed by atoms with Crippen LogP contribution in [0.4, 0.5) is 5.82 Å². The molecule has 1 unspecified atom stereocenters. The minimum absolute atomic E-state index is 0.0426. The fourth-order valence-electron chi connectivity index (χ4n) is 3.01. The molecular formula is C16H18N6O. The van der Waals surface area contributed by atoms with Gasteiger partial charge in [0.15, 0.2) is 6.19 Å². The number of carbonyl (C=O) groups is 1. The molecule has 23 heavy (non-hydrogen) atoms. The Morgan fingerprint density at radius 3 is 2.74 bits per heavy atom. The number of primary amides is 1. The summed E-state index contributed by atoms with van der Waals surface area (Å²) in [5.41, 5.74) is 13.2. The predicted molar refractivity (Wildman–Crippen MR) is 86.1 cm³/mol. The average Bonchev–Trinajstić information content (AvgIpc) is 2.93. The smallest absolute Gasteiger partial charge is 0.254 e. The number of likely N-dealkylation sites (tertiary alicyclic amines) is 1. The number of nitrogens with two attached hydrogens (primary N) is 2. The number of hydrogen-bond acceptors (Lipinski definition) is 5. The van der Waals surface area contributed by atoms with Gasteiger partial charge in [-0.3, -0.25) is 4.79 Å². The number of anilines is 1. The summed E-state index contributed by atoms with van der Waals surface area (Å²) < 4.78 is 1.64. The molecule has 1 aliphatic rings. The number of rotatable bonds is 3. The van der Waals surface area contributed by atoms with Crippen molar-refractivity contribution in [3.05, 3.63) is 35.9 Å². The van der Waals surface area contributed by atoms with Gasteiger partial charge in [-0.05, 0) is 12.8 Å². The van der Waals surface area contributed by atoms with Crippen LogP contribution in [0.2, 0.25) is 0 Å². The van der Waals surface area contributed by atoms with Gasteiger partial charge in [-0.25, -0.2) is 4.68 Å². The van der Waals surface area contributed by atoms with Crippen LogP contribution in [0.25, 0.3) is 11.3 Å². The first-order chi connectivity index (χ1) is 11.1. The number of piperidine rings is 1. The maximum absolute atomic E-state index is 11.9. The van der Waals surface area contributed by atoms with Crippen molar-refractivity contribution >= 4 is 11.7 Å². The highest BCUT2D eigenvalue weighted by Gasteiger charge is 2.28. The lowest BCUT2D eigenvalue weighted by atomic mass is 10.1. The average molecular weight is 310 g/mol. The lowest BCUT2D eigenvalue weighted by molar-refractivity contribution is 0.100. The van der Waals surface area contributed by atoms with E-state index < -0.39 is 5.91 Å². The maximum Gasteiger partial charge on any atom is 0.254 e. The number of nitriles is 1. The van der Waals surface area contributed by atoms with Crippen LogP contribution in [0.3, 0.4) is 0 Å². The van der Waals surface area contributed by atoms with Gasteiger partial charge < -0.3 is 16.4 Å². The number of nitrogens with zero attached hydrogens (tertiary/aromatic N) is 4. The molecule has 1 amide bonds. The number of benzene rings is 1. The molecule has 2 heterocycles. The number of aromatic nitrogens is 2. The Labute approximate surface area is 134 Å². The molecule has 0 spiro atoms. The third kappa shape index (κ3) is 2.71. The zero-order valence-corrected chi connectivity index (χ0v) is 12.6. The molecule has 7 heteroatoms. The molecule has 0 aliphatic carbocycles. The highest BCUT2D eigenvalue weighted by atomic mass is 16.1. The molecule has 3 rings (SSSR count). The number of carbonyl (C=O) groups excluding carboxylic acids is 1. The summed E-state index contributed by atoms with van der Waals surface area (Å²) in [6, 6.07) is 9.31. The van der Waals surface area contributed by atoms with Gasteiger partial charge in [0.2, 0.25) is 0 Å².